The predicted octanol–water partition coefficient (Wildman–Crippen LogP) is 2.09. The molecule has 14 heavy (non-hydrogen) atoms. The standard InChI is InChI=1S/C10H12N2OS/c1-7-4-8(14-5-7)9(13)12-10(2,3)6-11/h4-5H,1-3H3,(H,12,13). The van der Waals surface area contributed by atoms with Gasteiger partial charge >= 0.3 is 0 Å². The zero-order chi connectivity index (χ0) is 10.8. The molecule has 1 heterocycles. The number of rotatable bonds is 2. The lowest BCUT2D eigenvalue weighted by atomic mass is 10.1. The van der Waals surface area contributed by atoms with Gasteiger partial charge in [0, 0.05) is 0 Å². The van der Waals surface area contributed by atoms with Crippen LogP contribution in [0, 0.1) is 18.3 Å². The Morgan fingerprint density at radius 2 is 2.29 bits per heavy atom. The van der Waals surface area contributed by atoms with Crippen molar-refractivity contribution in [3.63, 3.8) is 0 Å². The fourth-order valence-corrected chi connectivity index (χ4v) is 1.72. The van der Waals surface area contributed by atoms with Crippen LogP contribution in [0.2, 0.25) is 0 Å². The van der Waals surface area contributed by atoms with Crippen molar-refractivity contribution in [1.82, 2.24) is 5.32 Å². The molecule has 0 saturated heterocycles. The quantitative estimate of drug-likeness (QED) is 0.809. The van der Waals surface area contributed by atoms with E-state index in [4.69, 9.17) is 5.26 Å². The Hall–Kier alpha value is -1.34. The number of amides is 1. The normalized spacial score (nSPS) is 10.7. The van der Waals surface area contributed by atoms with Crippen molar-refractivity contribution in [3.05, 3.63) is 21.9 Å². The van der Waals surface area contributed by atoms with Gasteiger partial charge in [0.25, 0.3) is 5.91 Å². The minimum Gasteiger partial charge on any atom is -0.334 e. The number of nitriles is 1. The first kappa shape index (κ1) is 10.7. The van der Waals surface area contributed by atoms with Crippen LogP contribution in [0.5, 0.6) is 0 Å². The molecule has 0 unspecified atom stereocenters. The second-order valence-electron chi connectivity index (χ2n) is 3.68. The van der Waals surface area contributed by atoms with E-state index in [1.54, 1.807) is 13.8 Å². The van der Waals surface area contributed by atoms with Gasteiger partial charge in [0.1, 0.15) is 5.54 Å². The van der Waals surface area contributed by atoms with Crippen LogP contribution >= 0.6 is 11.3 Å². The Morgan fingerprint density at radius 3 is 2.71 bits per heavy atom. The summed E-state index contributed by atoms with van der Waals surface area (Å²) >= 11 is 1.39. The molecule has 0 spiro atoms. The molecule has 0 aliphatic carbocycles. The molecule has 1 amide bonds. The fourth-order valence-electron chi connectivity index (χ4n) is 0.924. The number of thiophene rings is 1. The van der Waals surface area contributed by atoms with Crippen molar-refractivity contribution in [2.24, 2.45) is 0 Å². The number of carbonyl (C=O) groups is 1. The minimum atomic E-state index is -0.811. The van der Waals surface area contributed by atoms with Gasteiger partial charge in [-0.3, -0.25) is 4.79 Å². The van der Waals surface area contributed by atoms with Gasteiger partial charge in [-0.25, -0.2) is 0 Å². The molecule has 1 N–H and O–H groups in total. The fraction of sp³-hybridized carbons (Fsp3) is 0.400. The number of carbonyl (C=O) groups excluding carboxylic acids is 1. The van der Waals surface area contributed by atoms with Crippen LogP contribution < -0.4 is 5.32 Å². The molecular formula is C10H12N2OS. The SMILES string of the molecule is Cc1csc(C(=O)NC(C)(C)C#N)c1. The monoisotopic (exact) mass is 208 g/mol. The van der Waals surface area contributed by atoms with E-state index < -0.39 is 5.54 Å². The highest BCUT2D eigenvalue weighted by molar-refractivity contribution is 7.12. The molecule has 0 radical (unpaired) electrons. The summed E-state index contributed by atoms with van der Waals surface area (Å²) in [4.78, 5) is 12.2. The topological polar surface area (TPSA) is 52.9 Å². The Morgan fingerprint density at radius 1 is 1.64 bits per heavy atom. The molecule has 74 valence electrons. The molecule has 0 saturated carbocycles. The van der Waals surface area contributed by atoms with E-state index >= 15 is 0 Å². The number of nitrogens with one attached hydrogen (secondary N) is 1. The van der Waals surface area contributed by atoms with E-state index in [1.807, 2.05) is 24.4 Å². The largest absolute Gasteiger partial charge is 0.334 e. The summed E-state index contributed by atoms with van der Waals surface area (Å²) in [6, 6.07) is 3.83. The van der Waals surface area contributed by atoms with E-state index in [0.717, 1.165) is 5.56 Å². The van der Waals surface area contributed by atoms with Gasteiger partial charge < -0.3 is 5.32 Å². The molecule has 1 aromatic rings. The lowest BCUT2D eigenvalue weighted by molar-refractivity contribution is 0.0933. The second-order valence-corrected chi connectivity index (χ2v) is 4.59. The third-order valence-corrected chi connectivity index (χ3v) is 2.71. The molecule has 1 aromatic heterocycles. The molecule has 0 aliphatic heterocycles. The third kappa shape index (κ3) is 2.57. The van der Waals surface area contributed by atoms with Gasteiger partial charge in [0.2, 0.25) is 0 Å². The van der Waals surface area contributed by atoms with Gasteiger partial charge in [-0.2, -0.15) is 5.26 Å². The zero-order valence-corrected chi connectivity index (χ0v) is 9.23. The van der Waals surface area contributed by atoms with Gasteiger partial charge in [0.15, 0.2) is 0 Å². The van der Waals surface area contributed by atoms with Crippen LogP contribution in [0.25, 0.3) is 0 Å². The van der Waals surface area contributed by atoms with E-state index in [0.29, 0.717) is 4.88 Å². The smallest absolute Gasteiger partial charge is 0.262 e. The molecule has 0 atom stereocenters. The number of hydrogen-bond donors (Lipinski definition) is 1. The van der Waals surface area contributed by atoms with Crippen LogP contribution in [0.3, 0.4) is 0 Å². The average molecular weight is 208 g/mol. The highest BCUT2D eigenvalue weighted by Gasteiger charge is 2.20. The molecule has 1 rings (SSSR count). The van der Waals surface area contributed by atoms with E-state index in [2.05, 4.69) is 5.32 Å². The highest BCUT2D eigenvalue weighted by Crippen LogP contribution is 2.14. The summed E-state index contributed by atoms with van der Waals surface area (Å²) in [5.41, 5.74) is 0.254. The molecule has 0 fully saturated rings. The molecular weight excluding hydrogens is 196 g/mol. The van der Waals surface area contributed by atoms with Crippen LogP contribution in [0.1, 0.15) is 29.1 Å². The van der Waals surface area contributed by atoms with Crippen LogP contribution in [0.4, 0.5) is 0 Å². The molecule has 4 heteroatoms. The van der Waals surface area contributed by atoms with E-state index in [1.165, 1.54) is 11.3 Å². The molecule has 0 aromatic carbocycles. The minimum absolute atomic E-state index is 0.186. The predicted molar refractivity (Wildman–Crippen MR) is 56.2 cm³/mol. The zero-order valence-electron chi connectivity index (χ0n) is 8.42. The lowest BCUT2D eigenvalue weighted by Gasteiger charge is -2.16. The first-order chi connectivity index (χ1) is 6.44. The average Bonchev–Trinajstić information content (AvgIpc) is 2.51. The Labute approximate surface area is 87.4 Å². The van der Waals surface area contributed by atoms with E-state index in [-0.39, 0.29) is 5.91 Å². The maximum absolute atomic E-state index is 11.6. The second kappa shape index (κ2) is 3.81. The van der Waals surface area contributed by atoms with Crippen molar-refractivity contribution in [2.45, 2.75) is 26.3 Å². The maximum Gasteiger partial charge on any atom is 0.262 e. The van der Waals surface area contributed by atoms with Crippen LogP contribution in [-0.2, 0) is 0 Å². The summed E-state index contributed by atoms with van der Waals surface area (Å²) in [5.74, 6) is -0.186. The molecule has 0 bridgehead atoms. The molecule has 0 aliphatic rings. The maximum atomic E-state index is 11.6. The van der Waals surface area contributed by atoms with E-state index in [9.17, 15) is 4.79 Å². The summed E-state index contributed by atoms with van der Waals surface area (Å²) in [7, 11) is 0. The van der Waals surface area contributed by atoms with Crippen LogP contribution in [-0.4, -0.2) is 11.4 Å². The number of aryl methyl sites for hydroxylation is 1. The van der Waals surface area contributed by atoms with Gasteiger partial charge in [-0.1, -0.05) is 0 Å². The first-order valence-electron chi connectivity index (χ1n) is 4.23. The van der Waals surface area contributed by atoms with Crippen LogP contribution in [0.15, 0.2) is 11.4 Å². The van der Waals surface area contributed by atoms with Crippen molar-refractivity contribution < 1.29 is 4.79 Å². The van der Waals surface area contributed by atoms with Crippen molar-refractivity contribution in [3.8, 4) is 6.07 Å². The first-order valence-corrected chi connectivity index (χ1v) is 5.11. The summed E-state index contributed by atoms with van der Waals surface area (Å²) in [5, 5.41) is 13.3. The van der Waals surface area contributed by atoms with Crippen molar-refractivity contribution in [2.75, 3.05) is 0 Å². The number of hydrogen-bond acceptors (Lipinski definition) is 3. The summed E-state index contributed by atoms with van der Waals surface area (Å²) in [6.45, 7) is 5.28. The molecule has 3 nitrogen and oxygen atoms in total. The third-order valence-electron chi connectivity index (χ3n) is 1.66. The van der Waals surface area contributed by atoms with Gasteiger partial charge in [-0.15, -0.1) is 11.3 Å². The summed E-state index contributed by atoms with van der Waals surface area (Å²) < 4.78 is 0. The van der Waals surface area contributed by atoms with Gasteiger partial charge in [0.05, 0.1) is 10.9 Å². The Bertz CT molecular complexity index is 387. The summed E-state index contributed by atoms with van der Waals surface area (Å²) in [6.07, 6.45) is 0. The van der Waals surface area contributed by atoms with Crippen molar-refractivity contribution in [1.29, 1.82) is 5.26 Å². The Balaban J connectivity index is 2.74. The highest BCUT2D eigenvalue weighted by atomic mass is 32.1. The Kier molecular flexibility index (Phi) is 2.92. The number of nitrogens with zero attached hydrogens (tertiary/aromatic N) is 1. The van der Waals surface area contributed by atoms with Gasteiger partial charge in [-0.05, 0) is 37.8 Å². The lowest BCUT2D eigenvalue weighted by Crippen LogP contribution is -2.41. The van der Waals surface area contributed by atoms with Crippen molar-refractivity contribution >= 4 is 17.2 Å².